The summed E-state index contributed by atoms with van der Waals surface area (Å²) in [7, 11) is 0. The number of carbonyl (C=O) groups is 1. The van der Waals surface area contributed by atoms with Gasteiger partial charge in [0.15, 0.2) is 0 Å². The molecular weight excluding hydrogens is 419 g/mol. The molecule has 2 heterocycles. The Bertz CT molecular complexity index is 942. The van der Waals surface area contributed by atoms with E-state index in [9.17, 15) is 18.0 Å². The number of anilines is 1. The topological polar surface area (TPSA) is 36.0 Å². The van der Waals surface area contributed by atoms with Gasteiger partial charge in [-0.3, -0.25) is 9.69 Å². The summed E-state index contributed by atoms with van der Waals surface area (Å²) in [5.74, 6) is 0.0331. The average molecular weight is 448 g/mol. The SMILES string of the molecule is Cc1ccccc1C(=O)N1CCOC(CN2CCN(c3cccc(C(F)(F)F)c3)CC2)C1. The standard InChI is InChI=1S/C24H28F3N3O2/c1-18-5-2-3-8-22(18)23(31)30-13-14-32-21(17-30)16-28-9-11-29(12-10-28)20-7-4-6-19(15-20)24(25,26)27/h2-8,15,21H,9-14,16-17H2,1H3. The molecule has 2 aliphatic heterocycles. The molecule has 1 atom stereocenters. The normalized spacial score (nSPS) is 20.4. The molecule has 0 aliphatic carbocycles. The maximum atomic E-state index is 13.0. The molecular formula is C24H28F3N3O2. The largest absolute Gasteiger partial charge is 0.416 e. The third-order valence-corrected chi connectivity index (χ3v) is 6.17. The van der Waals surface area contributed by atoms with Crippen LogP contribution in [0.25, 0.3) is 0 Å². The lowest BCUT2D eigenvalue weighted by Crippen LogP contribution is -2.53. The molecule has 4 rings (SSSR count). The summed E-state index contributed by atoms with van der Waals surface area (Å²) in [4.78, 5) is 19.0. The number of aryl methyl sites for hydroxylation is 1. The van der Waals surface area contributed by atoms with E-state index in [0.717, 1.165) is 30.3 Å². The second-order valence-corrected chi connectivity index (χ2v) is 8.39. The maximum absolute atomic E-state index is 13.0. The lowest BCUT2D eigenvalue weighted by atomic mass is 10.1. The van der Waals surface area contributed by atoms with E-state index in [2.05, 4.69) is 4.90 Å². The van der Waals surface area contributed by atoms with Crippen molar-refractivity contribution in [2.45, 2.75) is 19.2 Å². The quantitative estimate of drug-likeness (QED) is 0.717. The Hall–Kier alpha value is -2.58. The van der Waals surface area contributed by atoms with Gasteiger partial charge in [0.05, 0.1) is 18.3 Å². The predicted octanol–water partition coefficient (Wildman–Crippen LogP) is 3.68. The van der Waals surface area contributed by atoms with Gasteiger partial charge in [0.25, 0.3) is 5.91 Å². The van der Waals surface area contributed by atoms with Gasteiger partial charge < -0.3 is 14.5 Å². The second kappa shape index (κ2) is 9.50. The van der Waals surface area contributed by atoms with Crippen LogP contribution in [0.5, 0.6) is 0 Å². The van der Waals surface area contributed by atoms with Gasteiger partial charge in [-0.15, -0.1) is 0 Å². The molecule has 2 aliphatic rings. The second-order valence-electron chi connectivity index (χ2n) is 8.39. The number of alkyl halides is 3. The van der Waals surface area contributed by atoms with Crippen molar-refractivity contribution >= 4 is 11.6 Å². The van der Waals surface area contributed by atoms with Crippen LogP contribution < -0.4 is 4.90 Å². The fourth-order valence-electron chi connectivity index (χ4n) is 4.35. The summed E-state index contributed by atoms with van der Waals surface area (Å²) in [5.41, 5.74) is 1.67. The van der Waals surface area contributed by atoms with Gasteiger partial charge >= 0.3 is 6.18 Å². The van der Waals surface area contributed by atoms with E-state index in [1.165, 1.54) is 12.1 Å². The number of hydrogen-bond acceptors (Lipinski definition) is 4. The Morgan fingerprint density at radius 1 is 1.03 bits per heavy atom. The Labute approximate surface area is 186 Å². The zero-order valence-corrected chi connectivity index (χ0v) is 18.1. The summed E-state index contributed by atoms with van der Waals surface area (Å²) in [6.07, 6.45) is -4.41. The summed E-state index contributed by atoms with van der Waals surface area (Å²) >= 11 is 0. The van der Waals surface area contributed by atoms with Crippen molar-refractivity contribution < 1.29 is 22.7 Å². The first-order valence-electron chi connectivity index (χ1n) is 10.9. The summed E-state index contributed by atoms with van der Waals surface area (Å²) in [6.45, 7) is 7.05. The van der Waals surface area contributed by atoms with E-state index in [1.54, 1.807) is 6.07 Å². The molecule has 0 bridgehead atoms. The number of morpholine rings is 1. The first kappa shape index (κ1) is 22.6. The summed E-state index contributed by atoms with van der Waals surface area (Å²) in [6, 6.07) is 13.1. The van der Waals surface area contributed by atoms with Crippen LogP contribution in [0, 0.1) is 6.92 Å². The van der Waals surface area contributed by atoms with Crippen molar-refractivity contribution in [2.75, 3.05) is 57.3 Å². The number of carbonyl (C=O) groups excluding carboxylic acids is 1. The zero-order chi connectivity index (χ0) is 22.7. The first-order valence-corrected chi connectivity index (χ1v) is 10.9. The number of ether oxygens (including phenoxy) is 1. The predicted molar refractivity (Wildman–Crippen MR) is 117 cm³/mol. The number of hydrogen-bond donors (Lipinski definition) is 0. The summed E-state index contributed by atoms with van der Waals surface area (Å²) in [5, 5.41) is 0. The fourth-order valence-corrected chi connectivity index (χ4v) is 4.35. The van der Waals surface area contributed by atoms with Crippen molar-refractivity contribution in [3.05, 3.63) is 65.2 Å². The molecule has 1 amide bonds. The highest BCUT2D eigenvalue weighted by Crippen LogP contribution is 2.32. The number of rotatable bonds is 4. The lowest BCUT2D eigenvalue weighted by Gasteiger charge is -2.40. The molecule has 32 heavy (non-hydrogen) atoms. The van der Waals surface area contributed by atoms with E-state index in [4.69, 9.17) is 4.74 Å². The van der Waals surface area contributed by atoms with Crippen LogP contribution in [-0.2, 0) is 10.9 Å². The zero-order valence-electron chi connectivity index (χ0n) is 18.1. The minimum absolute atomic E-state index is 0.0331. The van der Waals surface area contributed by atoms with Gasteiger partial charge in [-0.25, -0.2) is 0 Å². The van der Waals surface area contributed by atoms with Crippen molar-refractivity contribution in [1.82, 2.24) is 9.80 Å². The molecule has 0 aromatic heterocycles. The molecule has 0 saturated carbocycles. The number of nitrogens with zero attached hydrogens (tertiary/aromatic N) is 3. The van der Waals surface area contributed by atoms with Gasteiger partial charge in [0, 0.05) is 57.1 Å². The number of piperazine rings is 1. The smallest absolute Gasteiger partial charge is 0.373 e. The highest BCUT2D eigenvalue weighted by atomic mass is 19.4. The molecule has 0 radical (unpaired) electrons. The minimum Gasteiger partial charge on any atom is -0.373 e. The van der Waals surface area contributed by atoms with Gasteiger partial charge in [0.1, 0.15) is 0 Å². The van der Waals surface area contributed by atoms with Crippen LogP contribution in [0.3, 0.4) is 0 Å². The fraction of sp³-hybridized carbons (Fsp3) is 0.458. The van der Waals surface area contributed by atoms with Crippen LogP contribution in [-0.4, -0.2) is 74.2 Å². The van der Waals surface area contributed by atoms with Crippen LogP contribution in [0.2, 0.25) is 0 Å². The maximum Gasteiger partial charge on any atom is 0.416 e. The number of benzene rings is 2. The Morgan fingerprint density at radius 2 is 1.78 bits per heavy atom. The first-order chi connectivity index (χ1) is 15.3. The van der Waals surface area contributed by atoms with E-state index in [0.29, 0.717) is 45.0 Å². The van der Waals surface area contributed by atoms with Crippen LogP contribution in [0.4, 0.5) is 18.9 Å². The molecule has 172 valence electrons. The molecule has 0 N–H and O–H groups in total. The molecule has 8 heteroatoms. The molecule has 5 nitrogen and oxygen atoms in total. The molecule has 2 aromatic carbocycles. The van der Waals surface area contributed by atoms with Crippen molar-refractivity contribution in [3.8, 4) is 0 Å². The van der Waals surface area contributed by atoms with Gasteiger partial charge in [-0.05, 0) is 36.8 Å². The minimum atomic E-state index is -4.34. The van der Waals surface area contributed by atoms with Crippen LogP contribution >= 0.6 is 0 Å². The van der Waals surface area contributed by atoms with Crippen molar-refractivity contribution in [2.24, 2.45) is 0 Å². The summed E-state index contributed by atoms with van der Waals surface area (Å²) < 4.78 is 44.9. The number of amides is 1. The molecule has 2 saturated heterocycles. The van der Waals surface area contributed by atoms with Crippen LogP contribution in [0.15, 0.2) is 48.5 Å². The third-order valence-electron chi connectivity index (χ3n) is 6.17. The van der Waals surface area contributed by atoms with Crippen molar-refractivity contribution in [3.63, 3.8) is 0 Å². The van der Waals surface area contributed by atoms with Gasteiger partial charge in [-0.2, -0.15) is 13.2 Å². The lowest BCUT2D eigenvalue weighted by molar-refractivity contribution is -0.137. The van der Waals surface area contributed by atoms with E-state index in [-0.39, 0.29) is 12.0 Å². The van der Waals surface area contributed by atoms with Gasteiger partial charge in [0.2, 0.25) is 0 Å². The van der Waals surface area contributed by atoms with E-state index >= 15 is 0 Å². The van der Waals surface area contributed by atoms with E-state index in [1.807, 2.05) is 41.0 Å². The average Bonchev–Trinajstić information content (AvgIpc) is 2.79. The Kier molecular flexibility index (Phi) is 6.71. The molecule has 1 unspecified atom stereocenters. The monoisotopic (exact) mass is 447 g/mol. The number of halogens is 3. The van der Waals surface area contributed by atoms with Crippen LogP contribution in [0.1, 0.15) is 21.5 Å². The highest BCUT2D eigenvalue weighted by Gasteiger charge is 2.32. The Morgan fingerprint density at radius 3 is 2.50 bits per heavy atom. The molecule has 2 aromatic rings. The molecule has 0 spiro atoms. The highest BCUT2D eigenvalue weighted by molar-refractivity contribution is 5.95. The van der Waals surface area contributed by atoms with Gasteiger partial charge in [-0.1, -0.05) is 24.3 Å². The Balaban J connectivity index is 1.31. The van der Waals surface area contributed by atoms with Crippen molar-refractivity contribution in [1.29, 1.82) is 0 Å². The van der Waals surface area contributed by atoms with E-state index < -0.39 is 11.7 Å². The molecule has 2 fully saturated rings. The third kappa shape index (κ3) is 5.24.